The lowest BCUT2D eigenvalue weighted by molar-refractivity contribution is -0.140. The van der Waals surface area contributed by atoms with Gasteiger partial charge in [-0.2, -0.15) is 0 Å². The summed E-state index contributed by atoms with van der Waals surface area (Å²) in [4.78, 5) is 29.9. The van der Waals surface area contributed by atoms with E-state index in [1.165, 1.54) is 37.3 Å². The van der Waals surface area contributed by atoms with Crippen molar-refractivity contribution in [1.29, 1.82) is 0 Å². The van der Waals surface area contributed by atoms with Crippen LogP contribution in [-0.4, -0.2) is 58.0 Å². The number of methoxy groups -OCH3 is 2. The molecule has 4 aromatic rings. The number of hydrogen-bond donors (Lipinski definition) is 1. The predicted molar refractivity (Wildman–Crippen MR) is 184 cm³/mol. The lowest BCUT2D eigenvalue weighted by Crippen LogP contribution is -2.54. The summed E-state index contributed by atoms with van der Waals surface area (Å²) >= 11 is 6.56. The van der Waals surface area contributed by atoms with Crippen LogP contribution in [0.25, 0.3) is 0 Å². The van der Waals surface area contributed by atoms with Crippen LogP contribution in [0.15, 0.2) is 102 Å². The molecule has 9 nitrogen and oxygen atoms in total. The van der Waals surface area contributed by atoms with Gasteiger partial charge in [-0.1, -0.05) is 77.8 Å². The molecule has 0 radical (unpaired) electrons. The second-order valence-corrected chi connectivity index (χ2v) is 13.6. The Morgan fingerprint density at radius 2 is 1.49 bits per heavy atom. The van der Waals surface area contributed by atoms with Gasteiger partial charge in [0.05, 0.1) is 24.8 Å². The summed E-state index contributed by atoms with van der Waals surface area (Å²) in [5.74, 6) is -0.296. The highest BCUT2D eigenvalue weighted by molar-refractivity contribution is 7.92. The first kappa shape index (κ1) is 35.3. The highest BCUT2D eigenvalue weighted by Crippen LogP contribution is 2.34. The van der Waals surface area contributed by atoms with Gasteiger partial charge in [0, 0.05) is 30.1 Å². The number of hydrogen-bond acceptors (Lipinski definition) is 6. The molecule has 0 heterocycles. The van der Waals surface area contributed by atoms with Crippen molar-refractivity contribution in [2.45, 2.75) is 50.7 Å². The normalized spacial score (nSPS) is 11.9. The minimum Gasteiger partial charge on any atom is -0.493 e. The predicted octanol–water partition coefficient (Wildman–Crippen LogP) is 6.03. The number of nitrogens with one attached hydrogen (secondary N) is 1. The van der Waals surface area contributed by atoms with Crippen LogP contribution in [0.1, 0.15) is 30.5 Å². The number of rotatable bonds is 14. The number of anilines is 1. The highest BCUT2D eigenvalue weighted by Gasteiger charge is 2.35. The quantitative estimate of drug-likeness (QED) is 0.175. The molecule has 4 aromatic carbocycles. The molecule has 1 N–H and O–H groups in total. The molecule has 2 amide bonds. The van der Waals surface area contributed by atoms with Crippen LogP contribution in [0, 0.1) is 6.92 Å². The standard InChI is InChI=1S/C36H40ClN3O6S/c1-25(2)38-36(42)32(21-27-11-7-6-8-12-27)39(23-28-13-9-10-14-31(28)37)35(41)24-40(29-17-20-33(45-4)34(22-29)46-5)47(43,44)30-18-15-26(3)16-19-30/h6-20,22,25,32H,21,23-24H2,1-5H3,(H,38,42)/t32-/m0/s1. The summed E-state index contributed by atoms with van der Waals surface area (Å²) in [6, 6.07) is 26.2. The van der Waals surface area contributed by atoms with Crippen molar-refractivity contribution in [3.8, 4) is 11.5 Å². The third-order valence-electron chi connectivity index (χ3n) is 7.54. The molecule has 11 heteroatoms. The average Bonchev–Trinajstić information content (AvgIpc) is 3.05. The third-order valence-corrected chi connectivity index (χ3v) is 9.70. The van der Waals surface area contributed by atoms with E-state index < -0.39 is 28.5 Å². The number of ether oxygens (including phenoxy) is 2. The van der Waals surface area contributed by atoms with Crippen molar-refractivity contribution < 1.29 is 27.5 Å². The number of nitrogens with zero attached hydrogens (tertiary/aromatic N) is 2. The van der Waals surface area contributed by atoms with E-state index in [0.717, 1.165) is 15.4 Å². The van der Waals surface area contributed by atoms with Crippen molar-refractivity contribution in [2.24, 2.45) is 0 Å². The molecular weight excluding hydrogens is 638 g/mol. The van der Waals surface area contributed by atoms with E-state index in [1.54, 1.807) is 48.5 Å². The van der Waals surface area contributed by atoms with Crippen LogP contribution in [0.5, 0.6) is 11.5 Å². The Labute approximate surface area is 282 Å². The van der Waals surface area contributed by atoms with Gasteiger partial charge in [-0.05, 0) is 62.2 Å². The number of halogens is 1. The maximum Gasteiger partial charge on any atom is 0.264 e. The summed E-state index contributed by atoms with van der Waals surface area (Å²) in [5, 5.41) is 3.36. The van der Waals surface area contributed by atoms with Gasteiger partial charge in [-0.15, -0.1) is 0 Å². The number of sulfonamides is 1. The zero-order chi connectivity index (χ0) is 34.1. The summed E-state index contributed by atoms with van der Waals surface area (Å²) in [6.45, 7) is 4.88. The van der Waals surface area contributed by atoms with Crippen molar-refractivity contribution in [2.75, 3.05) is 25.1 Å². The zero-order valence-electron chi connectivity index (χ0n) is 27.1. The largest absolute Gasteiger partial charge is 0.493 e. The zero-order valence-corrected chi connectivity index (χ0v) is 28.7. The molecule has 0 bridgehead atoms. The monoisotopic (exact) mass is 677 g/mol. The summed E-state index contributed by atoms with van der Waals surface area (Å²) < 4.78 is 40.5. The van der Waals surface area contributed by atoms with E-state index in [9.17, 15) is 18.0 Å². The molecule has 0 fully saturated rings. The van der Waals surface area contributed by atoms with Gasteiger partial charge in [0.1, 0.15) is 12.6 Å². The van der Waals surface area contributed by atoms with Crippen LogP contribution in [-0.2, 0) is 32.6 Å². The second-order valence-electron chi connectivity index (χ2n) is 11.3. The van der Waals surface area contributed by atoms with Crippen LogP contribution in [0.3, 0.4) is 0 Å². The Morgan fingerprint density at radius 1 is 0.851 bits per heavy atom. The van der Waals surface area contributed by atoms with Crippen LogP contribution in [0.4, 0.5) is 5.69 Å². The molecule has 0 aliphatic heterocycles. The first-order valence-corrected chi connectivity index (χ1v) is 16.9. The lowest BCUT2D eigenvalue weighted by atomic mass is 10.0. The molecule has 1 atom stereocenters. The maximum absolute atomic E-state index is 14.6. The molecule has 4 rings (SSSR count). The fourth-order valence-electron chi connectivity index (χ4n) is 5.09. The average molecular weight is 678 g/mol. The van der Waals surface area contributed by atoms with Gasteiger partial charge in [0.25, 0.3) is 10.0 Å². The van der Waals surface area contributed by atoms with Gasteiger partial charge in [0.15, 0.2) is 11.5 Å². The smallest absolute Gasteiger partial charge is 0.264 e. The van der Waals surface area contributed by atoms with E-state index in [1.807, 2.05) is 51.1 Å². The molecule has 0 saturated heterocycles. The van der Waals surface area contributed by atoms with E-state index in [-0.39, 0.29) is 41.2 Å². The van der Waals surface area contributed by atoms with E-state index >= 15 is 0 Å². The van der Waals surface area contributed by atoms with Gasteiger partial charge >= 0.3 is 0 Å². The van der Waals surface area contributed by atoms with Crippen molar-refractivity contribution >= 4 is 39.1 Å². The SMILES string of the molecule is COc1ccc(N(CC(=O)N(Cc2ccccc2Cl)[C@@H](Cc2ccccc2)C(=O)NC(C)C)S(=O)(=O)c2ccc(C)cc2)cc1OC. The Hall–Kier alpha value is -4.54. The van der Waals surface area contributed by atoms with Crippen molar-refractivity contribution in [3.05, 3.63) is 119 Å². The van der Waals surface area contributed by atoms with Crippen LogP contribution >= 0.6 is 11.6 Å². The summed E-state index contributed by atoms with van der Waals surface area (Å²) in [7, 11) is -1.37. The first-order valence-electron chi connectivity index (χ1n) is 15.1. The number of benzene rings is 4. The molecule has 0 spiro atoms. The molecule has 0 aromatic heterocycles. The molecule has 248 valence electrons. The van der Waals surface area contributed by atoms with E-state index in [2.05, 4.69) is 5.32 Å². The topological polar surface area (TPSA) is 105 Å². The minimum atomic E-state index is -4.29. The van der Waals surface area contributed by atoms with Gasteiger partial charge < -0.3 is 19.7 Å². The van der Waals surface area contributed by atoms with Crippen LogP contribution in [0.2, 0.25) is 5.02 Å². The fourth-order valence-corrected chi connectivity index (χ4v) is 6.69. The minimum absolute atomic E-state index is 0.00160. The Morgan fingerprint density at radius 3 is 2.11 bits per heavy atom. The molecular formula is C36H40ClN3O6S. The van der Waals surface area contributed by atoms with E-state index in [4.69, 9.17) is 21.1 Å². The van der Waals surface area contributed by atoms with Crippen LogP contribution < -0.4 is 19.1 Å². The van der Waals surface area contributed by atoms with Crippen molar-refractivity contribution in [1.82, 2.24) is 10.2 Å². The summed E-state index contributed by atoms with van der Waals surface area (Å²) in [5.41, 5.74) is 2.50. The Kier molecular flexibility index (Phi) is 11.9. The summed E-state index contributed by atoms with van der Waals surface area (Å²) in [6.07, 6.45) is 0.191. The molecule has 0 aliphatic carbocycles. The van der Waals surface area contributed by atoms with Gasteiger partial charge in [0.2, 0.25) is 11.8 Å². The van der Waals surface area contributed by atoms with Crippen molar-refractivity contribution in [3.63, 3.8) is 0 Å². The van der Waals surface area contributed by atoms with Gasteiger partial charge in [-0.25, -0.2) is 8.42 Å². The highest BCUT2D eigenvalue weighted by atomic mass is 35.5. The lowest BCUT2D eigenvalue weighted by Gasteiger charge is -2.34. The first-order chi connectivity index (χ1) is 22.4. The maximum atomic E-state index is 14.6. The Balaban J connectivity index is 1.85. The molecule has 0 aliphatic rings. The third kappa shape index (κ3) is 8.84. The Bertz CT molecular complexity index is 1780. The van der Waals surface area contributed by atoms with E-state index in [0.29, 0.717) is 16.3 Å². The fraction of sp³-hybridized carbons (Fsp3) is 0.278. The molecule has 0 unspecified atom stereocenters. The number of amides is 2. The van der Waals surface area contributed by atoms with Gasteiger partial charge in [-0.3, -0.25) is 13.9 Å². The number of aryl methyl sites for hydroxylation is 1. The molecule has 47 heavy (non-hydrogen) atoms. The molecule has 0 saturated carbocycles. The number of carbonyl (C=O) groups excluding carboxylic acids is 2. The second kappa shape index (κ2) is 15.8. The number of carbonyl (C=O) groups is 2.